The Morgan fingerprint density at radius 2 is 0.711 bits per heavy atom. The van der Waals surface area contributed by atoms with Crippen LogP contribution in [0.3, 0.4) is 0 Å². The number of nitrogens with one attached hydrogen (secondary N) is 4. The molecular weight excluding hydrogens is 1070 g/mol. The normalized spacial score (nSPS) is 26.6. The van der Waals surface area contributed by atoms with Gasteiger partial charge in [0, 0.05) is 55.8 Å². The Morgan fingerprint density at radius 1 is 0.373 bits per heavy atom. The average Bonchev–Trinajstić information content (AvgIpc) is 3.57. The van der Waals surface area contributed by atoms with Crippen LogP contribution in [-0.2, 0) is 52.7 Å². The molecule has 6 unspecified atom stereocenters. The minimum Gasteiger partial charge on any atom is -0.343 e. The topological polar surface area (TPSA) is 276 Å². The molecule has 23 nitrogen and oxygen atoms in total. The summed E-state index contributed by atoms with van der Waals surface area (Å²) in [6.07, 6.45) is 1.26. The summed E-state index contributed by atoms with van der Waals surface area (Å²) in [5.74, 6) is -9.53. The lowest BCUT2D eigenvalue weighted by Crippen LogP contribution is -2.62. The first kappa shape index (κ1) is 74.9. The van der Waals surface area contributed by atoms with E-state index in [2.05, 4.69) is 21.3 Å². The predicted molar refractivity (Wildman–Crippen MR) is 318 cm³/mol. The Hall–Kier alpha value is -6.16. The van der Waals surface area contributed by atoms with Crippen molar-refractivity contribution in [1.29, 1.82) is 0 Å². The van der Waals surface area contributed by atoms with E-state index in [0.717, 1.165) is 4.90 Å². The number of hydrogen-bond acceptors (Lipinski definition) is 12. The van der Waals surface area contributed by atoms with Crippen LogP contribution in [0.1, 0.15) is 156 Å². The Kier molecular flexibility index (Phi) is 30.1. The molecular formula is C60H107N11O12. The molecule has 0 saturated carbocycles. The van der Waals surface area contributed by atoms with Crippen molar-refractivity contribution in [2.45, 2.75) is 217 Å². The maximum Gasteiger partial charge on any atom is 0.324 e. The molecule has 83 heavy (non-hydrogen) atoms. The Bertz CT molecular complexity index is 2270. The summed E-state index contributed by atoms with van der Waals surface area (Å²) in [5.41, 5.74) is 0. The second-order valence-corrected chi connectivity index (χ2v) is 26.0. The fraction of sp³-hybridized carbons (Fsp3) is 0.800. The minimum atomic E-state index is -1.34. The number of likely N-dealkylation sites (N-methyl/N-ethyl adjacent to an activating group) is 7. The van der Waals surface area contributed by atoms with Crippen molar-refractivity contribution in [3.63, 3.8) is 0 Å². The first-order valence-electron chi connectivity index (χ1n) is 29.7. The number of rotatable bonds is 15. The minimum absolute atomic E-state index is 0.0219. The van der Waals surface area contributed by atoms with Gasteiger partial charge in [0.05, 0.1) is 0 Å². The Labute approximate surface area is 496 Å². The van der Waals surface area contributed by atoms with Crippen LogP contribution in [0.5, 0.6) is 0 Å². The second-order valence-electron chi connectivity index (χ2n) is 26.0. The molecule has 12 amide bonds. The van der Waals surface area contributed by atoms with Gasteiger partial charge in [-0.25, -0.2) is 4.79 Å². The van der Waals surface area contributed by atoms with Gasteiger partial charge in [-0.1, -0.05) is 104 Å². The fourth-order valence-electron chi connectivity index (χ4n) is 10.4. The molecule has 0 aromatic rings. The van der Waals surface area contributed by atoms with Crippen LogP contribution >= 0.6 is 0 Å². The van der Waals surface area contributed by atoms with Crippen LogP contribution < -0.4 is 21.3 Å². The first-order chi connectivity index (χ1) is 38.2. The summed E-state index contributed by atoms with van der Waals surface area (Å²) in [5, 5.41) is 10.7. The standard InChI is InChI=1S/C60H107N11O12/c1-32(2)27-42-51(74)61-40(16)50(73)64-60(83)70(23)46(30-35(7)8)55(78)69(22)45(29-34(5)6)56(79)71(24)49(38(13)14)59(82)68(21)44(31-39(15)25-26-72)53(76)62-47(36(9)10)57(80)65(18)41(17)54(77)66(19)43(28-33(3)4)52(75)63-48(37(11)12)58(81)67(42)20/h26,32-49H,25,27-31H2,1-24H3,(H,61,74)(H,62,76)(H,63,75)(H,64,73,83)/t39-,40-,41-,42?,43+,44?,45?,46-,47?,48?,49?/m1/s1. The summed E-state index contributed by atoms with van der Waals surface area (Å²) in [6, 6.07) is -13.1. The summed E-state index contributed by atoms with van der Waals surface area (Å²) >= 11 is 0. The van der Waals surface area contributed by atoms with Gasteiger partial charge in [-0.3, -0.25) is 53.3 Å². The van der Waals surface area contributed by atoms with Gasteiger partial charge in [0.2, 0.25) is 59.1 Å². The van der Waals surface area contributed by atoms with Crippen LogP contribution in [0.4, 0.5) is 4.79 Å². The summed E-state index contributed by atoms with van der Waals surface area (Å²) in [6.45, 7) is 29.7. The molecule has 1 aliphatic rings. The molecule has 0 aromatic heterocycles. The van der Waals surface area contributed by atoms with Crippen molar-refractivity contribution < 1.29 is 57.5 Å². The summed E-state index contributed by atoms with van der Waals surface area (Å²) in [7, 11) is 9.90. The zero-order valence-electron chi connectivity index (χ0n) is 54.7. The molecule has 1 rings (SSSR count). The van der Waals surface area contributed by atoms with E-state index < -0.39 is 149 Å². The van der Waals surface area contributed by atoms with Gasteiger partial charge in [0.15, 0.2) is 0 Å². The molecule has 4 N–H and O–H groups in total. The van der Waals surface area contributed by atoms with E-state index in [1.165, 1.54) is 92.6 Å². The van der Waals surface area contributed by atoms with Gasteiger partial charge in [0.1, 0.15) is 66.7 Å². The predicted octanol–water partition coefficient (Wildman–Crippen LogP) is 3.76. The molecule has 0 bridgehead atoms. The van der Waals surface area contributed by atoms with Gasteiger partial charge in [-0.05, 0) is 93.3 Å². The van der Waals surface area contributed by atoms with E-state index in [9.17, 15) is 47.9 Å². The van der Waals surface area contributed by atoms with Crippen molar-refractivity contribution in [2.75, 3.05) is 49.3 Å². The van der Waals surface area contributed by atoms with E-state index in [0.29, 0.717) is 6.29 Å². The molecule has 0 spiro atoms. The molecule has 11 atom stereocenters. The molecule has 1 heterocycles. The molecule has 1 aliphatic heterocycles. The van der Waals surface area contributed by atoms with Gasteiger partial charge < -0.3 is 55.0 Å². The lowest BCUT2D eigenvalue weighted by Gasteiger charge is -2.41. The quantitative estimate of drug-likeness (QED) is 0.171. The highest BCUT2D eigenvalue weighted by molar-refractivity contribution is 6.02. The summed E-state index contributed by atoms with van der Waals surface area (Å²) < 4.78 is 0. The van der Waals surface area contributed by atoms with Crippen molar-refractivity contribution in [3.05, 3.63) is 0 Å². The molecule has 23 heteroatoms. The van der Waals surface area contributed by atoms with Crippen LogP contribution in [0, 0.1) is 47.3 Å². The van der Waals surface area contributed by atoms with E-state index in [1.54, 1.807) is 48.5 Å². The van der Waals surface area contributed by atoms with Gasteiger partial charge in [-0.15, -0.1) is 0 Å². The van der Waals surface area contributed by atoms with E-state index >= 15 is 9.59 Å². The number of imide groups is 1. The average molecular weight is 1170 g/mol. The third-order valence-corrected chi connectivity index (χ3v) is 15.8. The molecule has 0 aliphatic carbocycles. The SMILES string of the molecule is CC(C)CC1C(=O)N[C@H](C)C(=O)NC(=O)N(C)[C@H](CC(C)C)C(=O)N(C)C(CC(C)C)C(=O)N(C)C(C(C)C)C(=O)N(C)C(C[C@H](C)CC=O)C(=O)NC(C(C)C)C(=O)N(C)[C@H](C)C(=O)N(C)[C@@H](CC(C)C)C(=O)NC(C(C)C)C(=O)N1C. The Morgan fingerprint density at radius 3 is 1.11 bits per heavy atom. The largest absolute Gasteiger partial charge is 0.343 e. The lowest BCUT2D eigenvalue weighted by molar-refractivity contribution is -0.155. The second kappa shape index (κ2) is 33.4. The fourth-order valence-corrected chi connectivity index (χ4v) is 10.4. The van der Waals surface area contributed by atoms with Crippen molar-refractivity contribution >= 4 is 71.4 Å². The lowest BCUT2D eigenvalue weighted by atomic mass is 9.93. The highest BCUT2D eigenvalue weighted by Crippen LogP contribution is 2.25. The summed E-state index contributed by atoms with van der Waals surface area (Å²) in [4.78, 5) is 180. The number of carbonyl (C=O) groups is 12. The van der Waals surface area contributed by atoms with E-state index in [1.807, 2.05) is 55.4 Å². The number of aldehydes is 1. The van der Waals surface area contributed by atoms with Gasteiger partial charge in [0.25, 0.3) is 0 Å². The molecule has 1 fully saturated rings. The van der Waals surface area contributed by atoms with Crippen molar-refractivity contribution in [1.82, 2.24) is 55.6 Å². The molecule has 1 saturated heterocycles. The third kappa shape index (κ3) is 20.8. The zero-order chi connectivity index (χ0) is 64.6. The van der Waals surface area contributed by atoms with Gasteiger partial charge in [-0.2, -0.15) is 0 Å². The number of urea groups is 1. The number of nitrogens with zero attached hydrogens (tertiary/aromatic N) is 7. The highest BCUT2D eigenvalue weighted by Gasteiger charge is 2.45. The molecule has 0 aromatic carbocycles. The number of amides is 12. The van der Waals surface area contributed by atoms with E-state index in [-0.39, 0.29) is 62.2 Å². The third-order valence-electron chi connectivity index (χ3n) is 15.8. The maximum atomic E-state index is 15.0. The van der Waals surface area contributed by atoms with E-state index in [4.69, 9.17) is 0 Å². The van der Waals surface area contributed by atoms with Crippen LogP contribution in [0.25, 0.3) is 0 Å². The van der Waals surface area contributed by atoms with Gasteiger partial charge >= 0.3 is 6.03 Å². The van der Waals surface area contributed by atoms with Crippen LogP contribution in [0.15, 0.2) is 0 Å². The van der Waals surface area contributed by atoms with Crippen molar-refractivity contribution in [3.8, 4) is 0 Å². The zero-order valence-corrected chi connectivity index (χ0v) is 54.7. The molecule has 474 valence electrons. The van der Waals surface area contributed by atoms with Crippen LogP contribution in [0.2, 0.25) is 0 Å². The Balaban J connectivity index is 4.34. The monoisotopic (exact) mass is 1170 g/mol. The number of hydrogen-bond donors (Lipinski definition) is 4. The first-order valence-corrected chi connectivity index (χ1v) is 29.7. The van der Waals surface area contributed by atoms with Crippen LogP contribution in [-0.4, -0.2) is 215 Å². The smallest absolute Gasteiger partial charge is 0.324 e. The highest BCUT2D eigenvalue weighted by atomic mass is 16.2. The molecule has 0 radical (unpaired) electrons. The van der Waals surface area contributed by atoms with Crippen molar-refractivity contribution in [2.24, 2.45) is 47.3 Å². The number of carbonyl (C=O) groups excluding carboxylic acids is 12. The maximum absolute atomic E-state index is 15.0.